The molecule has 0 saturated carbocycles. The number of nitrogens with zero attached hydrogens (tertiary/aromatic N) is 2. The fourth-order valence-corrected chi connectivity index (χ4v) is 3.23. The van der Waals surface area contributed by atoms with Crippen LogP contribution >= 0.6 is 0 Å². The van der Waals surface area contributed by atoms with Crippen LogP contribution in [0, 0.1) is 6.92 Å². The third-order valence-corrected chi connectivity index (χ3v) is 4.66. The predicted octanol–water partition coefficient (Wildman–Crippen LogP) is 2.88. The van der Waals surface area contributed by atoms with Crippen molar-refractivity contribution in [3.63, 3.8) is 0 Å². The molecule has 1 atom stereocenters. The van der Waals surface area contributed by atoms with Crippen LogP contribution in [0.5, 0.6) is 5.75 Å². The lowest BCUT2D eigenvalue weighted by molar-refractivity contribution is -0.124. The van der Waals surface area contributed by atoms with Gasteiger partial charge in [-0.3, -0.25) is 9.59 Å². The molecular formula is C20H22N2O3. The monoisotopic (exact) mass is 338 g/mol. The van der Waals surface area contributed by atoms with E-state index in [9.17, 15) is 9.59 Å². The molecule has 1 aliphatic heterocycles. The van der Waals surface area contributed by atoms with Gasteiger partial charge in [-0.2, -0.15) is 0 Å². The van der Waals surface area contributed by atoms with Gasteiger partial charge in [0, 0.05) is 18.8 Å². The molecular weight excluding hydrogens is 316 g/mol. The summed E-state index contributed by atoms with van der Waals surface area (Å²) in [5.74, 6) is 0.278. The van der Waals surface area contributed by atoms with Gasteiger partial charge < -0.3 is 14.5 Å². The summed E-state index contributed by atoms with van der Waals surface area (Å²) in [6.07, 6.45) is 0. The van der Waals surface area contributed by atoms with Crippen molar-refractivity contribution in [2.24, 2.45) is 0 Å². The second-order valence-corrected chi connectivity index (χ2v) is 6.15. The van der Waals surface area contributed by atoms with Gasteiger partial charge in [0.1, 0.15) is 11.8 Å². The van der Waals surface area contributed by atoms with Crippen molar-refractivity contribution in [1.82, 2.24) is 4.90 Å². The molecule has 2 amide bonds. The Hall–Kier alpha value is -2.82. The zero-order valence-corrected chi connectivity index (χ0v) is 14.7. The number of hydrogen-bond acceptors (Lipinski definition) is 3. The van der Waals surface area contributed by atoms with Crippen molar-refractivity contribution in [1.29, 1.82) is 0 Å². The van der Waals surface area contributed by atoms with Crippen LogP contribution in [0.4, 0.5) is 5.69 Å². The fourth-order valence-electron chi connectivity index (χ4n) is 3.23. The van der Waals surface area contributed by atoms with Crippen molar-refractivity contribution in [3.8, 4) is 5.75 Å². The highest BCUT2D eigenvalue weighted by Gasteiger charge is 2.36. The van der Waals surface area contributed by atoms with Gasteiger partial charge in [-0.25, -0.2) is 0 Å². The normalized spacial score (nSPS) is 17.6. The van der Waals surface area contributed by atoms with E-state index in [0.717, 1.165) is 11.3 Å². The van der Waals surface area contributed by atoms with Gasteiger partial charge in [0.15, 0.2) is 0 Å². The average molecular weight is 338 g/mol. The summed E-state index contributed by atoms with van der Waals surface area (Å²) in [7, 11) is 1.54. The van der Waals surface area contributed by atoms with Crippen LogP contribution in [0.2, 0.25) is 0 Å². The molecule has 0 aromatic heterocycles. The van der Waals surface area contributed by atoms with Gasteiger partial charge in [-0.05, 0) is 37.6 Å². The molecule has 5 heteroatoms. The topological polar surface area (TPSA) is 49.9 Å². The van der Waals surface area contributed by atoms with E-state index in [4.69, 9.17) is 4.74 Å². The molecule has 0 aliphatic carbocycles. The van der Waals surface area contributed by atoms with Gasteiger partial charge in [-0.1, -0.05) is 30.3 Å². The van der Waals surface area contributed by atoms with Crippen LogP contribution < -0.4 is 9.64 Å². The number of benzene rings is 2. The molecule has 0 radical (unpaired) electrons. The average Bonchev–Trinajstić information content (AvgIpc) is 2.64. The number of amides is 2. The Labute approximate surface area is 147 Å². The Bertz CT molecular complexity index is 803. The molecule has 0 bridgehead atoms. The Morgan fingerprint density at radius 3 is 2.48 bits per heavy atom. The number of hydrogen-bond donors (Lipinski definition) is 0. The zero-order valence-electron chi connectivity index (χ0n) is 14.7. The number of rotatable bonds is 3. The number of para-hydroxylation sites is 2. The Balaban J connectivity index is 1.85. The summed E-state index contributed by atoms with van der Waals surface area (Å²) in [6, 6.07) is 14.4. The first-order valence-electron chi connectivity index (χ1n) is 8.35. The van der Waals surface area contributed by atoms with Crippen LogP contribution in [-0.2, 0) is 4.79 Å². The van der Waals surface area contributed by atoms with Gasteiger partial charge in [0.05, 0.1) is 12.7 Å². The summed E-state index contributed by atoms with van der Waals surface area (Å²) in [5, 5.41) is 0. The van der Waals surface area contributed by atoms with E-state index in [2.05, 4.69) is 0 Å². The maximum atomic E-state index is 12.9. The lowest BCUT2D eigenvalue weighted by Crippen LogP contribution is -2.58. The van der Waals surface area contributed by atoms with Crippen LogP contribution in [0.3, 0.4) is 0 Å². The quantitative estimate of drug-likeness (QED) is 0.865. The minimum absolute atomic E-state index is 0.0659. The van der Waals surface area contributed by atoms with Crippen molar-refractivity contribution in [2.75, 3.05) is 25.1 Å². The van der Waals surface area contributed by atoms with E-state index >= 15 is 0 Å². The van der Waals surface area contributed by atoms with Crippen molar-refractivity contribution in [3.05, 3.63) is 59.7 Å². The molecule has 3 rings (SSSR count). The summed E-state index contributed by atoms with van der Waals surface area (Å²) in [5.41, 5.74) is 2.44. The van der Waals surface area contributed by atoms with Crippen LogP contribution in [-0.4, -0.2) is 43.0 Å². The zero-order chi connectivity index (χ0) is 18.0. The summed E-state index contributed by atoms with van der Waals surface area (Å²) in [4.78, 5) is 29.2. The number of carbonyl (C=O) groups excluding carboxylic acids is 2. The lowest BCUT2D eigenvalue weighted by atomic mass is 10.1. The molecule has 5 nitrogen and oxygen atoms in total. The standard InChI is InChI=1S/C20H22N2O3/c1-14-8-4-6-10-17(14)22-13-12-21(15(2)19(22)23)20(24)16-9-5-7-11-18(16)25-3/h4-11,15H,12-13H2,1-3H3/t15-/m0/s1. The molecule has 130 valence electrons. The summed E-state index contributed by atoms with van der Waals surface area (Å²) >= 11 is 0. The first-order valence-corrected chi connectivity index (χ1v) is 8.35. The Morgan fingerprint density at radius 1 is 1.08 bits per heavy atom. The second-order valence-electron chi connectivity index (χ2n) is 6.15. The number of piperazine rings is 1. The van der Waals surface area contributed by atoms with Crippen LogP contribution in [0.15, 0.2) is 48.5 Å². The number of carbonyl (C=O) groups is 2. The lowest BCUT2D eigenvalue weighted by Gasteiger charge is -2.39. The van der Waals surface area contributed by atoms with E-state index in [1.807, 2.05) is 37.3 Å². The minimum atomic E-state index is -0.522. The minimum Gasteiger partial charge on any atom is -0.496 e. The van der Waals surface area contributed by atoms with E-state index in [1.54, 1.807) is 34.9 Å². The highest BCUT2D eigenvalue weighted by molar-refractivity contribution is 6.04. The van der Waals surface area contributed by atoms with Gasteiger partial charge in [0.2, 0.25) is 5.91 Å². The number of anilines is 1. The fraction of sp³-hybridized carbons (Fsp3) is 0.300. The molecule has 0 spiro atoms. The maximum absolute atomic E-state index is 12.9. The van der Waals surface area contributed by atoms with Gasteiger partial charge in [0.25, 0.3) is 5.91 Å². The SMILES string of the molecule is COc1ccccc1C(=O)N1CCN(c2ccccc2C)C(=O)[C@@H]1C. The molecule has 0 N–H and O–H groups in total. The number of aryl methyl sites for hydroxylation is 1. The first kappa shape index (κ1) is 17.0. The number of methoxy groups -OCH3 is 1. The molecule has 1 aliphatic rings. The summed E-state index contributed by atoms with van der Waals surface area (Å²) in [6.45, 7) is 4.73. The van der Waals surface area contributed by atoms with E-state index in [-0.39, 0.29) is 11.8 Å². The van der Waals surface area contributed by atoms with E-state index in [1.165, 1.54) is 7.11 Å². The predicted molar refractivity (Wildman–Crippen MR) is 97.0 cm³/mol. The third-order valence-electron chi connectivity index (χ3n) is 4.66. The van der Waals surface area contributed by atoms with Crippen molar-refractivity contribution in [2.45, 2.75) is 19.9 Å². The molecule has 1 fully saturated rings. The summed E-state index contributed by atoms with van der Waals surface area (Å²) < 4.78 is 5.28. The highest BCUT2D eigenvalue weighted by Crippen LogP contribution is 2.26. The van der Waals surface area contributed by atoms with Crippen molar-refractivity contribution < 1.29 is 14.3 Å². The number of ether oxygens (including phenoxy) is 1. The Morgan fingerprint density at radius 2 is 1.76 bits per heavy atom. The van der Waals surface area contributed by atoms with Gasteiger partial charge in [-0.15, -0.1) is 0 Å². The maximum Gasteiger partial charge on any atom is 0.258 e. The van der Waals surface area contributed by atoms with E-state index in [0.29, 0.717) is 24.4 Å². The van der Waals surface area contributed by atoms with Crippen LogP contribution in [0.1, 0.15) is 22.8 Å². The molecule has 2 aromatic rings. The van der Waals surface area contributed by atoms with Crippen molar-refractivity contribution >= 4 is 17.5 Å². The molecule has 2 aromatic carbocycles. The first-order chi connectivity index (χ1) is 12.0. The molecule has 1 heterocycles. The molecule has 1 saturated heterocycles. The largest absolute Gasteiger partial charge is 0.496 e. The van der Waals surface area contributed by atoms with E-state index < -0.39 is 6.04 Å². The highest BCUT2D eigenvalue weighted by atomic mass is 16.5. The smallest absolute Gasteiger partial charge is 0.258 e. The third kappa shape index (κ3) is 3.09. The Kier molecular flexibility index (Phi) is 4.74. The second kappa shape index (κ2) is 6.97. The molecule has 0 unspecified atom stereocenters. The van der Waals surface area contributed by atoms with Gasteiger partial charge >= 0.3 is 0 Å². The molecule has 25 heavy (non-hydrogen) atoms. The van der Waals surface area contributed by atoms with Crippen LogP contribution in [0.25, 0.3) is 0 Å².